The molecular weight excluding hydrogens is 260 g/mol. The summed E-state index contributed by atoms with van der Waals surface area (Å²) in [5.74, 6) is -0.00285. The van der Waals surface area contributed by atoms with Gasteiger partial charge in [0, 0.05) is 33.2 Å². The van der Waals surface area contributed by atoms with Crippen molar-refractivity contribution in [1.29, 1.82) is 0 Å². The van der Waals surface area contributed by atoms with E-state index in [1.54, 1.807) is 7.11 Å². The second-order valence-corrected chi connectivity index (χ2v) is 5.61. The van der Waals surface area contributed by atoms with Crippen LogP contribution in [0.3, 0.4) is 0 Å². The van der Waals surface area contributed by atoms with Gasteiger partial charge in [0.25, 0.3) is 0 Å². The molecular formula is C14H26N2O4. The number of carbonyl (C=O) groups excluding carboxylic acids is 1. The molecule has 0 bridgehead atoms. The number of carboxylic acids is 1. The van der Waals surface area contributed by atoms with Gasteiger partial charge in [-0.05, 0) is 31.1 Å². The summed E-state index contributed by atoms with van der Waals surface area (Å²) in [7, 11) is 1.65. The Morgan fingerprint density at radius 3 is 2.60 bits per heavy atom. The average Bonchev–Trinajstić information content (AvgIpc) is 2.43. The van der Waals surface area contributed by atoms with Gasteiger partial charge in [-0.25, -0.2) is 4.79 Å². The number of ether oxygens (including phenoxy) is 1. The van der Waals surface area contributed by atoms with Crippen molar-refractivity contribution in [2.24, 2.45) is 11.8 Å². The maximum absolute atomic E-state index is 12.0. The molecule has 0 aromatic carbocycles. The summed E-state index contributed by atoms with van der Waals surface area (Å²) in [6.45, 7) is 4.72. The molecule has 20 heavy (non-hydrogen) atoms. The predicted octanol–water partition coefficient (Wildman–Crippen LogP) is 1.56. The normalized spacial score (nSPS) is 17.8. The summed E-state index contributed by atoms with van der Waals surface area (Å²) >= 11 is 0. The van der Waals surface area contributed by atoms with Crippen molar-refractivity contribution in [2.45, 2.75) is 32.6 Å². The Kier molecular flexibility index (Phi) is 7.36. The summed E-state index contributed by atoms with van der Waals surface area (Å²) in [5, 5.41) is 11.6. The lowest BCUT2D eigenvalue weighted by Gasteiger charge is -2.32. The van der Waals surface area contributed by atoms with Crippen LogP contribution in [0, 0.1) is 11.8 Å². The van der Waals surface area contributed by atoms with E-state index in [1.165, 1.54) is 0 Å². The van der Waals surface area contributed by atoms with Gasteiger partial charge in [-0.15, -0.1) is 0 Å². The van der Waals surface area contributed by atoms with Crippen molar-refractivity contribution in [3.63, 3.8) is 0 Å². The van der Waals surface area contributed by atoms with E-state index in [0.29, 0.717) is 25.0 Å². The number of aliphatic carboxylic acids is 1. The Balaban J connectivity index is 2.20. The number of piperidine rings is 1. The topological polar surface area (TPSA) is 78.9 Å². The Morgan fingerprint density at radius 2 is 2.05 bits per heavy atom. The zero-order valence-corrected chi connectivity index (χ0v) is 12.4. The quantitative estimate of drug-likeness (QED) is 0.744. The van der Waals surface area contributed by atoms with E-state index in [4.69, 9.17) is 9.84 Å². The van der Waals surface area contributed by atoms with Gasteiger partial charge in [0.15, 0.2) is 0 Å². The molecule has 0 radical (unpaired) electrons. The Labute approximate surface area is 120 Å². The third-order valence-corrected chi connectivity index (χ3v) is 3.72. The fraction of sp³-hybridized carbons (Fsp3) is 0.857. The third kappa shape index (κ3) is 6.23. The highest BCUT2D eigenvalue weighted by Crippen LogP contribution is 2.21. The number of hydrogen-bond donors (Lipinski definition) is 2. The SMILES string of the molecule is COCC(C)CNC(=O)N1CCC(CCC(=O)O)CC1. The van der Waals surface area contributed by atoms with Crippen LogP contribution in [0.1, 0.15) is 32.6 Å². The number of carboxylic acid groups (broad SMARTS) is 1. The fourth-order valence-electron chi connectivity index (χ4n) is 2.47. The minimum absolute atomic E-state index is 0.0235. The molecule has 2 amide bonds. The van der Waals surface area contributed by atoms with Crippen molar-refractivity contribution in [3.8, 4) is 0 Å². The number of hydrogen-bond acceptors (Lipinski definition) is 3. The summed E-state index contributed by atoms with van der Waals surface area (Å²) in [4.78, 5) is 24.3. The van der Waals surface area contributed by atoms with Crippen molar-refractivity contribution in [3.05, 3.63) is 0 Å². The highest BCUT2D eigenvalue weighted by molar-refractivity contribution is 5.74. The monoisotopic (exact) mass is 286 g/mol. The molecule has 1 rings (SSSR count). The van der Waals surface area contributed by atoms with Crippen molar-refractivity contribution < 1.29 is 19.4 Å². The summed E-state index contributed by atoms with van der Waals surface area (Å²) < 4.78 is 5.03. The van der Waals surface area contributed by atoms with Crippen LogP contribution in [-0.4, -0.2) is 55.4 Å². The van der Waals surface area contributed by atoms with Gasteiger partial charge in [0.1, 0.15) is 0 Å². The Morgan fingerprint density at radius 1 is 1.40 bits per heavy atom. The molecule has 1 fully saturated rings. The van der Waals surface area contributed by atoms with Crippen LogP contribution < -0.4 is 5.32 Å². The van der Waals surface area contributed by atoms with E-state index < -0.39 is 5.97 Å². The first-order valence-corrected chi connectivity index (χ1v) is 7.26. The second kappa shape index (κ2) is 8.79. The van der Waals surface area contributed by atoms with Crippen LogP contribution in [0.25, 0.3) is 0 Å². The van der Waals surface area contributed by atoms with E-state index in [-0.39, 0.29) is 12.5 Å². The second-order valence-electron chi connectivity index (χ2n) is 5.61. The van der Waals surface area contributed by atoms with Gasteiger partial charge >= 0.3 is 12.0 Å². The van der Waals surface area contributed by atoms with Gasteiger partial charge in [-0.2, -0.15) is 0 Å². The largest absolute Gasteiger partial charge is 0.481 e. The maximum atomic E-state index is 12.0. The van der Waals surface area contributed by atoms with Gasteiger partial charge in [0.2, 0.25) is 0 Å². The van der Waals surface area contributed by atoms with Gasteiger partial charge in [-0.3, -0.25) is 4.79 Å². The number of urea groups is 1. The van der Waals surface area contributed by atoms with Crippen LogP contribution in [0.5, 0.6) is 0 Å². The highest BCUT2D eigenvalue weighted by Gasteiger charge is 2.23. The first-order chi connectivity index (χ1) is 9.52. The molecule has 1 aliphatic rings. The van der Waals surface area contributed by atoms with Gasteiger partial charge < -0.3 is 20.1 Å². The fourth-order valence-corrected chi connectivity index (χ4v) is 2.47. The van der Waals surface area contributed by atoms with Gasteiger partial charge in [0.05, 0.1) is 6.61 Å². The predicted molar refractivity (Wildman–Crippen MR) is 75.6 cm³/mol. The molecule has 1 heterocycles. The average molecular weight is 286 g/mol. The van der Waals surface area contributed by atoms with E-state index in [0.717, 1.165) is 32.4 Å². The van der Waals surface area contributed by atoms with Crippen LogP contribution in [0.4, 0.5) is 4.79 Å². The summed E-state index contributed by atoms with van der Waals surface area (Å²) in [6.07, 6.45) is 2.74. The molecule has 1 saturated heterocycles. The molecule has 0 saturated carbocycles. The summed E-state index contributed by atoms with van der Waals surface area (Å²) in [6, 6.07) is -0.0235. The number of likely N-dealkylation sites (tertiary alicyclic amines) is 1. The van der Waals surface area contributed by atoms with E-state index in [2.05, 4.69) is 5.32 Å². The van der Waals surface area contributed by atoms with E-state index in [1.807, 2.05) is 11.8 Å². The number of nitrogens with zero attached hydrogens (tertiary/aromatic N) is 1. The number of rotatable bonds is 7. The number of nitrogens with one attached hydrogen (secondary N) is 1. The molecule has 0 aliphatic carbocycles. The molecule has 0 aromatic rings. The molecule has 1 atom stereocenters. The molecule has 6 heteroatoms. The zero-order valence-electron chi connectivity index (χ0n) is 12.4. The molecule has 1 aliphatic heterocycles. The zero-order chi connectivity index (χ0) is 15.0. The highest BCUT2D eigenvalue weighted by atomic mass is 16.5. The number of amides is 2. The standard InChI is InChI=1S/C14H26N2O4/c1-11(10-20-2)9-15-14(19)16-7-5-12(6-8-16)3-4-13(17)18/h11-12H,3-10H2,1-2H3,(H,15,19)(H,17,18). The molecule has 116 valence electrons. The smallest absolute Gasteiger partial charge is 0.317 e. The lowest BCUT2D eigenvalue weighted by molar-refractivity contribution is -0.137. The molecule has 0 aromatic heterocycles. The Hall–Kier alpha value is -1.30. The van der Waals surface area contributed by atoms with Crippen molar-refractivity contribution in [2.75, 3.05) is 33.4 Å². The molecule has 2 N–H and O–H groups in total. The van der Waals surface area contributed by atoms with E-state index in [9.17, 15) is 9.59 Å². The lowest BCUT2D eigenvalue weighted by atomic mass is 9.92. The van der Waals surface area contributed by atoms with Crippen molar-refractivity contribution in [1.82, 2.24) is 10.2 Å². The Bertz CT molecular complexity index is 314. The number of methoxy groups -OCH3 is 1. The molecule has 1 unspecified atom stereocenters. The van der Waals surface area contributed by atoms with Crippen LogP contribution in [0.15, 0.2) is 0 Å². The van der Waals surface area contributed by atoms with Crippen LogP contribution in [0.2, 0.25) is 0 Å². The van der Waals surface area contributed by atoms with Crippen LogP contribution >= 0.6 is 0 Å². The van der Waals surface area contributed by atoms with Gasteiger partial charge in [-0.1, -0.05) is 6.92 Å². The number of carbonyl (C=O) groups is 2. The minimum Gasteiger partial charge on any atom is -0.481 e. The lowest BCUT2D eigenvalue weighted by Crippen LogP contribution is -2.45. The first kappa shape index (κ1) is 16.8. The molecule has 6 nitrogen and oxygen atoms in total. The first-order valence-electron chi connectivity index (χ1n) is 7.26. The van der Waals surface area contributed by atoms with Crippen LogP contribution in [-0.2, 0) is 9.53 Å². The van der Waals surface area contributed by atoms with Crippen molar-refractivity contribution >= 4 is 12.0 Å². The van der Waals surface area contributed by atoms with E-state index >= 15 is 0 Å². The third-order valence-electron chi connectivity index (χ3n) is 3.72. The molecule has 0 spiro atoms. The minimum atomic E-state index is -0.739. The maximum Gasteiger partial charge on any atom is 0.317 e. The summed E-state index contributed by atoms with van der Waals surface area (Å²) in [5.41, 5.74) is 0.